The number of hydrogen-bond acceptors (Lipinski definition) is 3. The number of anilines is 1. The molecule has 110 valence electrons. The Morgan fingerprint density at radius 2 is 2.14 bits per heavy atom. The first kappa shape index (κ1) is 14.1. The Bertz CT molecular complexity index is 609. The van der Waals surface area contributed by atoms with Crippen molar-refractivity contribution in [1.29, 1.82) is 0 Å². The molecule has 3 rings (SSSR count). The summed E-state index contributed by atoms with van der Waals surface area (Å²) < 4.78 is 0. The first-order chi connectivity index (χ1) is 10.2. The molecule has 0 bridgehead atoms. The van der Waals surface area contributed by atoms with Crippen LogP contribution in [0.2, 0.25) is 0 Å². The highest BCUT2D eigenvalue weighted by Crippen LogP contribution is 2.26. The number of likely N-dealkylation sites (N-methyl/N-ethyl adjacent to an activating group) is 1. The molecule has 0 atom stereocenters. The fraction of sp³-hybridized carbons (Fsp3) is 0.353. The second-order valence-electron chi connectivity index (χ2n) is 5.48. The van der Waals surface area contributed by atoms with Gasteiger partial charge in [0.2, 0.25) is 5.91 Å². The number of nitrogens with zero attached hydrogens (tertiary/aromatic N) is 2. The smallest absolute Gasteiger partial charge is 0.242 e. The van der Waals surface area contributed by atoms with E-state index in [-0.39, 0.29) is 5.91 Å². The molecule has 0 saturated heterocycles. The molecule has 0 aliphatic carbocycles. The molecule has 1 aromatic heterocycles. The molecule has 0 spiro atoms. The zero-order chi connectivity index (χ0) is 14.7. The second-order valence-corrected chi connectivity index (χ2v) is 6.52. The average molecular weight is 300 g/mol. The molecular weight excluding hydrogens is 280 g/mol. The van der Waals surface area contributed by atoms with Crippen molar-refractivity contribution in [3.63, 3.8) is 0 Å². The molecule has 0 radical (unpaired) electrons. The van der Waals surface area contributed by atoms with Gasteiger partial charge in [0.25, 0.3) is 0 Å². The third-order valence-corrected chi connectivity index (χ3v) is 4.79. The number of carbonyl (C=O) groups excluding carboxylic acids is 1. The van der Waals surface area contributed by atoms with Gasteiger partial charge in [-0.1, -0.05) is 24.3 Å². The van der Waals surface area contributed by atoms with Crippen molar-refractivity contribution in [2.75, 3.05) is 25.0 Å². The highest BCUT2D eigenvalue weighted by Gasteiger charge is 2.20. The standard InChI is InChI=1S/C17H20N2OS/c1-18(12-15-8-5-11-21-15)17(20)13-19-10-4-7-14-6-2-3-9-16(14)19/h2-3,5-6,8-9,11H,4,7,10,12-13H2,1H3. The molecule has 1 aliphatic heterocycles. The van der Waals surface area contributed by atoms with Gasteiger partial charge in [-0.3, -0.25) is 4.79 Å². The van der Waals surface area contributed by atoms with Crippen LogP contribution in [0, 0.1) is 0 Å². The van der Waals surface area contributed by atoms with E-state index in [0.29, 0.717) is 13.1 Å². The summed E-state index contributed by atoms with van der Waals surface area (Å²) >= 11 is 1.70. The molecule has 2 aromatic rings. The average Bonchev–Trinajstić information content (AvgIpc) is 3.00. The maximum Gasteiger partial charge on any atom is 0.242 e. The van der Waals surface area contributed by atoms with Crippen LogP contribution in [0.15, 0.2) is 41.8 Å². The number of amides is 1. The van der Waals surface area contributed by atoms with Crippen molar-refractivity contribution in [1.82, 2.24) is 4.90 Å². The largest absolute Gasteiger partial charge is 0.362 e. The van der Waals surface area contributed by atoms with E-state index in [1.807, 2.05) is 18.0 Å². The number of thiophene rings is 1. The molecule has 0 fully saturated rings. The Kier molecular flexibility index (Phi) is 4.25. The number of aryl methyl sites for hydroxylation is 1. The van der Waals surface area contributed by atoms with E-state index in [1.165, 1.54) is 16.1 Å². The maximum absolute atomic E-state index is 12.4. The molecule has 1 amide bonds. The van der Waals surface area contributed by atoms with Crippen molar-refractivity contribution in [3.8, 4) is 0 Å². The van der Waals surface area contributed by atoms with Gasteiger partial charge < -0.3 is 9.80 Å². The molecule has 0 unspecified atom stereocenters. The predicted octanol–water partition coefficient (Wildman–Crippen LogP) is 3.16. The van der Waals surface area contributed by atoms with Crippen LogP contribution >= 0.6 is 11.3 Å². The molecule has 0 saturated carbocycles. The van der Waals surface area contributed by atoms with Crippen LogP contribution in [0.1, 0.15) is 16.9 Å². The molecule has 1 aliphatic rings. The van der Waals surface area contributed by atoms with Crippen LogP contribution in [0.5, 0.6) is 0 Å². The fourth-order valence-corrected chi connectivity index (χ4v) is 3.54. The Hall–Kier alpha value is -1.81. The molecule has 1 aromatic carbocycles. The number of carbonyl (C=O) groups is 1. The summed E-state index contributed by atoms with van der Waals surface area (Å²) in [6.07, 6.45) is 2.24. The number of rotatable bonds is 4. The Balaban J connectivity index is 1.65. The van der Waals surface area contributed by atoms with Crippen molar-refractivity contribution in [3.05, 3.63) is 52.2 Å². The van der Waals surface area contributed by atoms with Gasteiger partial charge in [-0.25, -0.2) is 0 Å². The van der Waals surface area contributed by atoms with Crippen LogP contribution in [-0.4, -0.2) is 30.9 Å². The lowest BCUT2D eigenvalue weighted by molar-refractivity contribution is -0.128. The highest BCUT2D eigenvalue weighted by molar-refractivity contribution is 7.09. The van der Waals surface area contributed by atoms with E-state index in [9.17, 15) is 4.79 Å². The molecular formula is C17H20N2OS. The predicted molar refractivity (Wildman–Crippen MR) is 87.8 cm³/mol. The zero-order valence-corrected chi connectivity index (χ0v) is 13.1. The van der Waals surface area contributed by atoms with E-state index < -0.39 is 0 Å². The van der Waals surface area contributed by atoms with Crippen LogP contribution < -0.4 is 4.90 Å². The van der Waals surface area contributed by atoms with Crippen molar-refractivity contribution in [2.45, 2.75) is 19.4 Å². The number of para-hydroxylation sites is 1. The summed E-state index contributed by atoms with van der Waals surface area (Å²) in [4.78, 5) is 17.7. The normalized spacial score (nSPS) is 13.9. The van der Waals surface area contributed by atoms with Crippen molar-refractivity contribution < 1.29 is 4.79 Å². The van der Waals surface area contributed by atoms with E-state index in [0.717, 1.165) is 19.4 Å². The lowest BCUT2D eigenvalue weighted by Crippen LogP contribution is -2.40. The quantitative estimate of drug-likeness (QED) is 0.866. The highest BCUT2D eigenvalue weighted by atomic mass is 32.1. The van der Waals surface area contributed by atoms with Crippen LogP contribution in [0.3, 0.4) is 0 Å². The van der Waals surface area contributed by atoms with Gasteiger partial charge in [0.1, 0.15) is 0 Å². The van der Waals surface area contributed by atoms with Gasteiger partial charge in [-0.2, -0.15) is 0 Å². The molecule has 21 heavy (non-hydrogen) atoms. The Morgan fingerprint density at radius 1 is 1.29 bits per heavy atom. The summed E-state index contributed by atoms with van der Waals surface area (Å²) in [7, 11) is 1.89. The van der Waals surface area contributed by atoms with Gasteiger partial charge >= 0.3 is 0 Å². The van der Waals surface area contributed by atoms with Crippen molar-refractivity contribution in [2.24, 2.45) is 0 Å². The number of hydrogen-bond donors (Lipinski definition) is 0. The molecule has 4 heteroatoms. The third kappa shape index (κ3) is 3.27. The van der Waals surface area contributed by atoms with Gasteiger partial charge in [0.05, 0.1) is 13.1 Å². The van der Waals surface area contributed by atoms with E-state index in [2.05, 4.69) is 40.6 Å². The summed E-state index contributed by atoms with van der Waals surface area (Å²) in [5.74, 6) is 0.181. The molecule has 3 nitrogen and oxygen atoms in total. The lowest BCUT2D eigenvalue weighted by Gasteiger charge is -2.32. The second kappa shape index (κ2) is 6.31. The minimum Gasteiger partial charge on any atom is -0.362 e. The van der Waals surface area contributed by atoms with Gasteiger partial charge in [0, 0.05) is 24.2 Å². The van der Waals surface area contributed by atoms with Crippen LogP contribution in [0.25, 0.3) is 0 Å². The Morgan fingerprint density at radius 3 is 2.95 bits per heavy atom. The van der Waals surface area contributed by atoms with Gasteiger partial charge in [-0.15, -0.1) is 11.3 Å². The summed E-state index contributed by atoms with van der Waals surface area (Å²) in [5, 5.41) is 2.05. The lowest BCUT2D eigenvalue weighted by atomic mass is 10.0. The maximum atomic E-state index is 12.4. The minimum atomic E-state index is 0.181. The number of benzene rings is 1. The number of fused-ring (bicyclic) bond motifs is 1. The first-order valence-electron chi connectivity index (χ1n) is 7.33. The summed E-state index contributed by atoms with van der Waals surface area (Å²) in [6.45, 7) is 2.14. The molecule has 0 N–H and O–H groups in total. The topological polar surface area (TPSA) is 23.6 Å². The Labute approximate surface area is 129 Å². The van der Waals surface area contributed by atoms with Gasteiger partial charge in [-0.05, 0) is 35.9 Å². The summed E-state index contributed by atoms with van der Waals surface area (Å²) in [6, 6.07) is 12.5. The van der Waals surface area contributed by atoms with E-state index >= 15 is 0 Å². The summed E-state index contributed by atoms with van der Waals surface area (Å²) in [5.41, 5.74) is 2.58. The first-order valence-corrected chi connectivity index (χ1v) is 8.21. The third-order valence-electron chi connectivity index (χ3n) is 3.93. The van der Waals surface area contributed by atoms with E-state index in [1.54, 1.807) is 11.3 Å². The van der Waals surface area contributed by atoms with Crippen molar-refractivity contribution >= 4 is 22.9 Å². The van der Waals surface area contributed by atoms with E-state index in [4.69, 9.17) is 0 Å². The van der Waals surface area contributed by atoms with Gasteiger partial charge in [0.15, 0.2) is 0 Å². The zero-order valence-electron chi connectivity index (χ0n) is 12.3. The van der Waals surface area contributed by atoms with Crippen LogP contribution in [0.4, 0.5) is 5.69 Å². The van der Waals surface area contributed by atoms with Crippen LogP contribution in [-0.2, 0) is 17.8 Å². The minimum absolute atomic E-state index is 0.181. The fourth-order valence-electron chi connectivity index (χ4n) is 2.78. The SMILES string of the molecule is CN(Cc1cccs1)C(=O)CN1CCCc2ccccc21. The monoisotopic (exact) mass is 300 g/mol. The molecule has 2 heterocycles.